The summed E-state index contributed by atoms with van der Waals surface area (Å²) in [5.74, 6) is 0.754. The van der Waals surface area contributed by atoms with Gasteiger partial charge in [-0.05, 0) is 49.3 Å². The Morgan fingerprint density at radius 1 is 1.35 bits per heavy atom. The molecule has 2 unspecified atom stereocenters. The predicted octanol–water partition coefficient (Wildman–Crippen LogP) is 1.14. The molecule has 0 aliphatic carbocycles. The van der Waals surface area contributed by atoms with E-state index in [0.717, 1.165) is 24.3 Å². The highest BCUT2D eigenvalue weighted by Crippen LogP contribution is 2.28. The molecule has 1 saturated heterocycles. The molecule has 1 heterocycles. The molecule has 2 rings (SSSR count). The zero-order valence-electron chi connectivity index (χ0n) is 12.5. The second-order valence-corrected chi connectivity index (χ2v) is 5.60. The van der Waals surface area contributed by atoms with Gasteiger partial charge in [0.25, 0.3) is 0 Å². The first-order valence-electron chi connectivity index (χ1n) is 7.35. The summed E-state index contributed by atoms with van der Waals surface area (Å²) in [4.78, 5) is 2.46. The third-order valence-corrected chi connectivity index (χ3v) is 4.41. The third kappa shape index (κ3) is 3.16. The minimum Gasteiger partial charge on any atom is -0.497 e. The lowest BCUT2D eigenvalue weighted by molar-refractivity contribution is 0.190. The van der Waals surface area contributed by atoms with E-state index in [4.69, 9.17) is 4.74 Å². The quantitative estimate of drug-likeness (QED) is 0.792. The van der Waals surface area contributed by atoms with Gasteiger partial charge in [0.15, 0.2) is 0 Å². The van der Waals surface area contributed by atoms with Gasteiger partial charge in [0.2, 0.25) is 0 Å². The van der Waals surface area contributed by atoms with Crippen molar-refractivity contribution in [1.29, 1.82) is 0 Å². The first-order valence-corrected chi connectivity index (χ1v) is 7.35. The van der Waals surface area contributed by atoms with Crippen LogP contribution in [0.1, 0.15) is 38.7 Å². The second-order valence-electron chi connectivity index (χ2n) is 5.60. The summed E-state index contributed by atoms with van der Waals surface area (Å²) >= 11 is 0. The smallest absolute Gasteiger partial charge is 0.488 e. The number of methoxy groups -OCH3 is 1. The van der Waals surface area contributed by atoms with E-state index in [0.29, 0.717) is 17.5 Å². The van der Waals surface area contributed by atoms with Gasteiger partial charge in [-0.2, -0.15) is 0 Å². The molecule has 0 radical (unpaired) electrons. The van der Waals surface area contributed by atoms with Gasteiger partial charge >= 0.3 is 7.12 Å². The molecule has 1 aliphatic heterocycles. The summed E-state index contributed by atoms with van der Waals surface area (Å²) in [6, 6.07) is 6.53. The SMILES string of the molecule is CCC1CCC(C)N1Cc1cc(OC)ccc1B(O)O. The van der Waals surface area contributed by atoms with Gasteiger partial charge in [-0.3, -0.25) is 4.90 Å². The van der Waals surface area contributed by atoms with Crippen molar-refractivity contribution in [3.8, 4) is 5.75 Å². The molecule has 110 valence electrons. The van der Waals surface area contributed by atoms with Crippen LogP contribution in [0.4, 0.5) is 0 Å². The molecule has 1 aromatic rings. The lowest BCUT2D eigenvalue weighted by Gasteiger charge is -2.28. The molecule has 2 N–H and O–H groups in total. The molecule has 0 amide bonds. The topological polar surface area (TPSA) is 52.9 Å². The molecular weight excluding hydrogens is 253 g/mol. The Bertz CT molecular complexity index is 453. The van der Waals surface area contributed by atoms with E-state index in [9.17, 15) is 10.0 Å². The second kappa shape index (κ2) is 6.61. The zero-order chi connectivity index (χ0) is 14.7. The molecule has 0 saturated carbocycles. The van der Waals surface area contributed by atoms with Crippen LogP contribution in [0.3, 0.4) is 0 Å². The predicted molar refractivity (Wildman–Crippen MR) is 81.1 cm³/mol. The van der Waals surface area contributed by atoms with E-state index in [1.165, 1.54) is 12.8 Å². The maximum atomic E-state index is 9.53. The molecule has 4 nitrogen and oxygen atoms in total. The molecule has 20 heavy (non-hydrogen) atoms. The lowest BCUT2D eigenvalue weighted by Crippen LogP contribution is -2.39. The summed E-state index contributed by atoms with van der Waals surface area (Å²) in [5, 5.41) is 19.1. The lowest BCUT2D eigenvalue weighted by atomic mass is 9.76. The molecule has 0 aromatic heterocycles. The fourth-order valence-corrected chi connectivity index (χ4v) is 3.14. The summed E-state index contributed by atoms with van der Waals surface area (Å²) < 4.78 is 5.25. The van der Waals surface area contributed by atoms with Crippen LogP contribution in [0, 0.1) is 0 Å². The third-order valence-electron chi connectivity index (χ3n) is 4.41. The van der Waals surface area contributed by atoms with Crippen LogP contribution in [0.15, 0.2) is 18.2 Å². The van der Waals surface area contributed by atoms with Crippen molar-refractivity contribution in [2.24, 2.45) is 0 Å². The monoisotopic (exact) mass is 277 g/mol. The first kappa shape index (κ1) is 15.4. The fraction of sp³-hybridized carbons (Fsp3) is 0.600. The van der Waals surface area contributed by atoms with E-state index < -0.39 is 7.12 Å². The standard InChI is InChI=1S/C15H24BNO3/c1-4-13-6-5-11(2)17(13)10-12-9-14(20-3)7-8-15(12)16(18)19/h7-9,11,13,18-19H,4-6,10H2,1-3H3. The minimum absolute atomic E-state index is 0.537. The highest BCUT2D eigenvalue weighted by Gasteiger charge is 2.30. The summed E-state index contributed by atoms with van der Waals surface area (Å²) in [6.07, 6.45) is 3.56. The van der Waals surface area contributed by atoms with Gasteiger partial charge in [0.1, 0.15) is 5.75 Å². The van der Waals surface area contributed by atoms with E-state index in [1.807, 2.05) is 6.07 Å². The maximum Gasteiger partial charge on any atom is 0.488 e. The molecule has 0 bridgehead atoms. The zero-order valence-corrected chi connectivity index (χ0v) is 12.5. The highest BCUT2D eigenvalue weighted by molar-refractivity contribution is 6.59. The Hall–Kier alpha value is -1.04. The number of benzene rings is 1. The largest absolute Gasteiger partial charge is 0.497 e. The number of likely N-dealkylation sites (tertiary alicyclic amines) is 1. The van der Waals surface area contributed by atoms with Crippen LogP contribution in [-0.2, 0) is 6.54 Å². The van der Waals surface area contributed by atoms with Crippen molar-refractivity contribution in [1.82, 2.24) is 4.90 Å². The molecule has 1 fully saturated rings. The van der Waals surface area contributed by atoms with Gasteiger partial charge < -0.3 is 14.8 Å². The summed E-state index contributed by atoms with van der Waals surface area (Å²) in [6.45, 7) is 5.19. The Balaban J connectivity index is 2.26. The van der Waals surface area contributed by atoms with Crippen molar-refractivity contribution in [3.63, 3.8) is 0 Å². The van der Waals surface area contributed by atoms with Crippen molar-refractivity contribution in [3.05, 3.63) is 23.8 Å². The van der Waals surface area contributed by atoms with E-state index in [1.54, 1.807) is 19.2 Å². The van der Waals surface area contributed by atoms with E-state index in [-0.39, 0.29) is 0 Å². The van der Waals surface area contributed by atoms with Crippen molar-refractivity contribution in [2.75, 3.05) is 7.11 Å². The molecule has 0 spiro atoms. The number of rotatable bonds is 5. The normalized spacial score (nSPS) is 23.1. The number of hydrogen-bond donors (Lipinski definition) is 2. The Kier molecular flexibility index (Phi) is 5.08. The van der Waals surface area contributed by atoms with Crippen LogP contribution in [0.2, 0.25) is 0 Å². The van der Waals surface area contributed by atoms with E-state index in [2.05, 4.69) is 18.7 Å². The number of hydrogen-bond acceptors (Lipinski definition) is 4. The summed E-state index contributed by atoms with van der Waals surface area (Å²) in [7, 11) is 0.190. The van der Waals surface area contributed by atoms with Crippen LogP contribution >= 0.6 is 0 Å². The summed E-state index contributed by atoms with van der Waals surface area (Å²) in [5.41, 5.74) is 1.51. The number of nitrogens with zero attached hydrogens (tertiary/aromatic N) is 1. The average Bonchev–Trinajstić information content (AvgIpc) is 2.79. The van der Waals surface area contributed by atoms with E-state index >= 15 is 0 Å². The number of ether oxygens (including phenoxy) is 1. The van der Waals surface area contributed by atoms with Crippen molar-refractivity contribution < 1.29 is 14.8 Å². The fourth-order valence-electron chi connectivity index (χ4n) is 3.14. The van der Waals surface area contributed by atoms with Gasteiger partial charge in [0, 0.05) is 18.6 Å². The van der Waals surface area contributed by atoms with Crippen molar-refractivity contribution >= 4 is 12.6 Å². The molecule has 1 aromatic carbocycles. The Morgan fingerprint density at radius 2 is 2.10 bits per heavy atom. The molecule has 1 aliphatic rings. The highest BCUT2D eigenvalue weighted by atomic mass is 16.5. The minimum atomic E-state index is -1.44. The van der Waals surface area contributed by atoms with Crippen molar-refractivity contribution in [2.45, 2.75) is 51.7 Å². The van der Waals surface area contributed by atoms with Crippen LogP contribution in [0.5, 0.6) is 5.75 Å². The van der Waals surface area contributed by atoms with Gasteiger partial charge in [-0.1, -0.05) is 13.0 Å². The first-order chi connectivity index (χ1) is 9.56. The Labute approximate surface area is 121 Å². The molecule has 5 heteroatoms. The molecule has 2 atom stereocenters. The van der Waals surface area contributed by atoms with Crippen LogP contribution < -0.4 is 10.2 Å². The van der Waals surface area contributed by atoms with Gasteiger partial charge in [0.05, 0.1) is 7.11 Å². The van der Waals surface area contributed by atoms with Gasteiger partial charge in [-0.15, -0.1) is 0 Å². The molecular formula is C15H24BNO3. The van der Waals surface area contributed by atoms with Crippen LogP contribution in [0.25, 0.3) is 0 Å². The maximum absolute atomic E-state index is 9.53. The van der Waals surface area contributed by atoms with Gasteiger partial charge in [-0.25, -0.2) is 0 Å². The van der Waals surface area contributed by atoms with Crippen LogP contribution in [-0.4, -0.2) is 41.3 Å². The Morgan fingerprint density at radius 3 is 2.70 bits per heavy atom. The average molecular weight is 277 g/mol.